The Morgan fingerprint density at radius 3 is 2.45 bits per heavy atom. The van der Waals surface area contributed by atoms with E-state index in [9.17, 15) is 4.79 Å². The maximum absolute atomic E-state index is 11.0. The second kappa shape index (κ2) is 4.82. The van der Waals surface area contributed by atoms with Gasteiger partial charge in [-0.15, -0.1) is 0 Å². The summed E-state index contributed by atoms with van der Waals surface area (Å²) in [6.07, 6.45) is 0.366. The van der Waals surface area contributed by atoms with E-state index in [2.05, 4.69) is 36.9 Å². The van der Waals surface area contributed by atoms with Crippen LogP contribution in [0.1, 0.15) is 5.56 Å². The molecule has 2 heteroatoms. The minimum Gasteiger partial charge on any atom is -0.478 e. The van der Waals surface area contributed by atoms with Gasteiger partial charge in [0, 0.05) is 12.0 Å². The lowest BCUT2D eigenvalue weighted by molar-refractivity contribution is -0.132. The van der Waals surface area contributed by atoms with E-state index >= 15 is 0 Å². The fraction of sp³-hybridized carbons (Fsp3) is 0.0556. The van der Waals surface area contributed by atoms with E-state index in [1.807, 2.05) is 24.3 Å². The van der Waals surface area contributed by atoms with Crippen LogP contribution in [-0.2, 0) is 11.2 Å². The number of fused-ring (bicyclic) bond motifs is 3. The monoisotopic (exact) mass is 262 g/mol. The van der Waals surface area contributed by atoms with Gasteiger partial charge >= 0.3 is 5.97 Å². The van der Waals surface area contributed by atoms with Crippen molar-refractivity contribution in [3.05, 3.63) is 72.3 Å². The highest BCUT2D eigenvalue weighted by Crippen LogP contribution is 2.28. The van der Waals surface area contributed by atoms with E-state index in [0.29, 0.717) is 6.42 Å². The Hall–Kier alpha value is -2.61. The molecule has 0 fully saturated rings. The second-order valence-corrected chi connectivity index (χ2v) is 4.88. The maximum Gasteiger partial charge on any atom is 0.331 e. The van der Waals surface area contributed by atoms with E-state index in [-0.39, 0.29) is 5.57 Å². The molecule has 0 heterocycles. The van der Waals surface area contributed by atoms with E-state index in [1.54, 1.807) is 0 Å². The highest BCUT2D eigenvalue weighted by molar-refractivity contribution is 6.08. The third kappa shape index (κ3) is 2.05. The van der Waals surface area contributed by atoms with Crippen molar-refractivity contribution in [1.29, 1.82) is 0 Å². The third-order valence-electron chi connectivity index (χ3n) is 3.58. The van der Waals surface area contributed by atoms with Crippen LogP contribution in [0.5, 0.6) is 0 Å². The molecular weight excluding hydrogens is 248 g/mol. The number of carboxylic acid groups (broad SMARTS) is 1. The molecule has 3 aromatic rings. The van der Waals surface area contributed by atoms with Crippen molar-refractivity contribution >= 4 is 27.5 Å². The molecule has 0 radical (unpaired) electrons. The molecule has 3 rings (SSSR count). The van der Waals surface area contributed by atoms with Crippen LogP contribution in [0.3, 0.4) is 0 Å². The summed E-state index contributed by atoms with van der Waals surface area (Å²) in [6.45, 7) is 3.62. The average molecular weight is 262 g/mol. The van der Waals surface area contributed by atoms with E-state index in [1.165, 1.54) is 10.8 Å². The van der Waals surface area contributed by atoms with Crippen molar-refractivity contribution in [2.24, 2.45) is 0 Å². The van der Waals surface area contributed by atoms with Crippen LogP contribution in [-0.4, -0.2) is 11.1 Å². The molecule has 0 aliphatic rings. The SMILES string of the molecule is C=C(Cc1cccc2c1ccc1ccccc12)C(=O)O. The number of benzene rings is 3. The van der Waals surface area contributed by atoms with E-state index in [4.69, 9.17) is 5.11 Å². The zero-order valence-corrected chi connectivity index (χ0v) is 11.0. The topological polar surface area (TPSA) is 37.3 Å². The molecule has 0 aliphatic heterocycles. The number of rotatable bonds is 3. The highest BCUT2D eigenvalue weighted by atomic mass is 16.4. The summed E-state index contributed by atoms with van der Waals surface area (Å²) in [5, 5.41) is 13.6. The molecule has 0 bridgehead atoms. The predicted octanol–water partition coefficient (Wildman–Crippen LogP) is 4.18. The average Bonchev–Trinajstić information content (AvgIpc) is 2.47. The fourth-order valence-corrected chi connectivity index (χ4v) is 2.57. The van der Waals surface area contributed by atoms with Gasteiger partial charge < -0.3 is 5.11 Å². The highest BCUT2D eigenvalue weighted by Gasteiger charge is 2.09. The smallest absolute Gasteiger partial charge is 0.331 e. The first kappa shape index (κ1) is 12.4. The zero-order chi connectivity index (χ0) is 14.1. The van der Waals surface area contributed by atoms with Crippen LogP contribution < -0.4 is 0 Å². The van der Waals surface area contributed by atoms with E-state index < -0.39 is 5.97 Å². The van der Waals surface area contributed by atoms with Gasteiger partial charge in [0.15, 0.2) is 0 Å². The molecule has 0 atom stereocenters. The molecular formula is C18H14O2. The molecule has 0 spiro atoms. The summed E-state index contributed by atoms with van der Waals surface area (Å²) in [5.41, 5.74) is 1.21. The van der Waals surface area contributed by atoms with Crippen LogP contribution >= 0.6 is 0 Å². The van der Waals surface area contributed by atoms with Gasteiger partial charge in [-0.05, 0) is 27.1 Å². The Morgan fingerprint density at radius 1 is 0.900 bits per heavy atom. The third-order valence-corrected chi connectivity index (χ3v) is 3.58. The fourth-order valence-electron chi connectivity index (χ4n) is 2.57. The summed E-state index contributed by atoms with van der Waals surface area (Å²) in [5.74, 6) is -0.942. The molecule has 0 amide bonds. The Labute approximate surface area is 117 Å². The second-order valence-electron chi connectivity index (χ2n) is 4.88. The summed E-state index contributed by atoms with van der Waals surface area (Å²) >= 11 is 0. The first-order valence-corrected chi connectivity index (χ1v) is 6.47. The quantitative estimate of drug-likeness (QED) is 0.568. The first-order valence-electron chi connectivity index (χ1n) is 6.47. The summed E-state index contributed by atoms with van der Waals surface area (Å²) in [4.78, 5) is 11.0. The standard InChI is InChI=1S/C18H14O2/c1-12(18(19)20)11-14-6-4-8-17-15-7-3-2-5-13(15)9-10-16(14)17/h2-10H,1,11H2,(H,19,20). The molecule has 1 N–H and O–H groups in total. The lowest BCUT2D eigenvalue weighted by atomic mass is 9.95. The van der Waals surface area contributed by atoms with Gasteiger partial charge in [-0.1, -0.05) is 61.2 Å². The van der Waals surface area contributed by atoms with Gasteiger partial charge in [-0.25, -0.2) is 4.79 Å². The zero-order valence-electron chi connectivity index (χ0n) is 11.0. The molecule has 0 aromatic heterocycles. The molecule has 20 heavy (non-hydrogen) atoms. The number of carbonyl (C=O) groups is 1. The van der Waals surface area contributed by atoms with Crippen molar-refractivity contribution < 1.29 is 9.90 Å². The number of carboxylic acids is 1. The molecule has 0 aliphatic carbocycles. The number of hydrogen-bond acceptors (Lipinski definition) is 1. The molecule has 0 saturated carbocycles. The minimum atomic E-state index is -0.942. The lowest BCUT2D eigenvalue weighted by Crippen LogP contribution is -2.02. The van der Waals surface area contributed by atoms with Crippen LogP contribution in [0.15, 0.2) is 66.7 Å². The van der Waals surface area contributed by atoms with Gasteiger partial charge in [0.05, 0.1) is 0 Å². The van der Waals surface area contributed by atoms with Gasteiger partial charge in [0.2, 0.25) is 0 Å². The van der Waals surface area contributed by atoms with Crippen molar-refractivity contribution in [1.82, 2.24) is 0 Å². The summed E-state index contributed by atoms with van der Waals surface area (Å²) in [6, 6.07) is 18.3. The minimum absolute atomic E-state index is 0.214. The Kier molecular flexibility index (Phi) is 2.99. The Balaban J connectivity index is 2.22. The van der Waals surface area contributed by atoms with Gasteiger partial charge in [0.1, 0.15) is 0 Å². The van der Waals surface area contributed by atoms with Crippen molar-refractivity contribution in [2.75, 3.05) is 0 Å². The van der Waals surface area contributed by atoms with Crippen LogP contribution in [0, 0.1) is 0 Å². The predicted molar refractivity (Wildman–Crippen MR) is 81.9 cm³/mol. The van der Waals surface area contributed by atoms with E-state index in [0.717, 1.165) is 16.3 Å². The van der Waals surface area contributed by atoms with Crippen molar-refractivity contribution in [3.8, 4) is 0 Å². The Bertz CT molecular complexity index is 831. The first-order chi connectivity index (χ1) is 9.66. The molecule has 0 saturated heterocycles. The Morgan fingerprint density at radius 2 is 1.65 bits per heavy atom. The van der Waals surface area contributed by atoms with Gasteiger partial charge in [-0.2, -0.15) is 0 Å². The molecule has 2 nitrogen and oxygen atoms in total. The van der Waals surface area contributed by atoms with Crippen molar-refractivity contribution in [3.63, 3.8) is 0 Å². The van der Waals surface area contributed by atoms with Gasteiger partial charge in [0.25, 0.3) is 0 Å². The van der Waals surface area contributed by atoms with Gasteiger partial charge in [-0.3, -0.25) is 0 Å². The van der Waals surface area contributed by atoms with Crippen molar-refractivity contribution in [2.45, 2.75) is 6.42 Å². The molecule has 0 unspecified atom stereocenters. The normalized spacial score (nSPS) is 10.8. The van der Waals surface area contributed by atoms with Crippen LogP contribution in [0.2, 0.25) is 0 Å². The van der Waals surface area contributed by atoms with Crippen LogP contribution in [0.25, 0.3) is 21.5 Å². The summed E-state index contributed by atoms with van der Waals surface area (Å²) in [7, 11) is 0. The maximum atomic E-state index is 11.0. The largest absolute Gasteiger partial charge is 0.478 e. The number of hydrogen-bond donors (Lipinski definition) is 1. The molecule has 98 valence electrons. The summed E-state index contributed by atoms with van der Waals surface area (Å²) < 4.78 is 0. The molecule has 3 aromatic carbocycles. The lowest BCUT2D eigenvalue weighted by Gasteiger charge is -2.09. The number of aliphatic carboxylic acids is 1. The van der Waals surface area contributed by atoms with Crippen LogP contribution in [0.4, 0.5) is 0 Å².